The summed E-state index contributed by atoms with van der Waals surface area (Å²) in [6.07, 6.45) is 6.13. The Hall–Kier alpha value is -1.51. The second kappa shape index (κ2) is 6.00. The number of hydrogen-bond donors (Lipinski definition) is 0. The fourth-order valence-corrected chi connectivity index (χ4v) is 5.97. The van der Waals surface area contributed by atoms with Crippen LogP contribution >= 0.6 is 0 Å². The van der Waals surface area contributed by atoms with Crippen molar-refractivity contribution in [2.45, 2.75) is 83.8 Å². The van der Waals surface area contributed by atoms with Gasteiger partial charge in [0.1, 0.15) is 5.60 Å². The lowest BCUT2D eigenvalue weighted by Crippen LogP contribution is -2.80. The first-order chi connectivity index (χ1) is 12.3. The Labute approximate surface area is 158 Å². The molecule has 4 unspecified atom stereocenters. The van der Waals surface area contributed by atoms with E-state index in [1.54, 1.807) is 5.56 Å². The Morgan fingerprint density at radius 3 is 2.73 bits per heavy atom. The third-order valence-corrected chi connectivity index (χ3v) is 7.10. The fourth-order valence-electron chi connectivity index (χ4n) is 5.97. The van der Waals surface area contributed by atoms with E-state index in [0.717, 1.165) is 13.0 Å². The number of likely N-dealkylation sites (tertiary alicyclic amines) is 1. The van der Waals surface area contributed by atoms with E-state index in [1.165, 1.54) is 36.8 Å². The molecule has 3 fully saturated rings. The van der Waals surface area contributed by atoms with Gasteiger partial charge in [-0.1, -0.05) is 38.0 Å². The van der Waals surface area contributed by atoms with Crippen LogP contribution in [0.2, 0.25) is 0 Å². The molecule has 0 aromatic heterocycles. The normalized spacial score (nSPS) is 32.8. The van der Waals surface area contributed by atoms with Crippen LogP contribution in [0.4, 0.5) is 4.79 Å². The maximum Gasteiger partial charge on any atom is 0.410 e. The number of carbonyl (C=O) groups is 1. The molecule has 1 saturated heterocycles. The topological polar surface area (TPSA) is 29.5 Å². The van der Waals surface area contributed by atoms with Gasteiger partial charge in [0.05, 0.1) is 0 Å². The first-order valence-electron chi connectivity index (χ1n) is 10.4. The molecular weight excluding hydrogens is 322 g/mol. The van der Waals surface area contributed by atoms with Crippen LogP contribution in [-0.4, -0.2) is 29.2 Å². The van der Waals surface area contributed by atoms with E-state index in [-0.39, 0.29) is 6.09 Å². The van der Waals surface area contributed by atoms with Gasteiger partial charge in [0.25, 0.3) is 0 Å². The number of amides is 1. The molecule has 26 heavy (non-hydrogen) atoms. The molecule has 0 spiro atoms. The molecule has 1 amide bonds. The minimum Gasteiger partial charge on any atom is -0.444 e. The van der Waals surface area contributed by atoms with Gasteiger partial charge in [0.15, 0.2) is 0 Å². The Kier molecular flexibility index (Phi) is 4.13. The van der Waals surface area contributed by atoms with Crippen LogP contribution < -0.4 is 0 Å². The Morgan fingerprint density at radius 2 is 2.04 bits per heavy atom. The van der Waals surface area contributed by atoms with Gasteiger partial charge in [0, 0.05) is 23.9 Å². The Bertz CT molecular complexity index is 719. The highest BCUT2D eigenvalue weighted by molar-refractivity contribution is 5.71. The predicted octanol–water partition coefficient (Wildman–Crippen LogP) is 5.23. The van der Waals surface area contributed by atoms with E-state index in [9.17, 15) is 4.79 Å². The van der Waals surface area contributed by atoms with Gasteiger partial charge in [-0.3, -0.25) is 0 Å². The zero-order valence-electron chi connectivity index (χ0n) is 17.0. The highest BCUT2D eigenvalue weighted by atomic mass is 16.6. The second-order valence-electron chi connectivity index (χ2n) is 9.63. The molecule has 0 bridgehead atoms. The molecule has 4 atom stereocenters. The van der Waals surface area contributed by atoms with Crippen molar-refractivity contribution >= 4 is 6.09 Å². The van der Waals surface area contributed by atoms with Crippen LogP contribution in [0.5, 0.6) is 0 Å². The van der Waals surface area contributed by atoms with Gasteiger partial charge >= 0.3 is 6.09 Å². The lowest BCUT2D eigenvalue weighted by Gasteiger charge is -2.73. The van der Waals surface area contributed by atoms with E-state index < -0.39 is 5.60 Å². The van der Waals surface area contributed by atoms with Crippen LogP contribution in [0, 0.1) is 18.8 Å². The first-order valence-corrected chi connectivity index (χ1v) is 10.4. The number of piperidine rings is 1. The molecule has 3 nitrogen and oxygen atoms in total. The highest BCUT2D eigenvalue weighted by Gasteiger charge is 2.70. The zero-order chi connectivity index (χ0) is 18.7. The summed E-state index contributed by atoms with van der Waals surface area (Å²) in [6, 6.07) is 7.46. The molecule has 142 valence electrons. The molecule has 0 radical (unpaired) electrons. The van der Waals surface area contributed by atoms with Crippen molar-refractivity contribution in [3.05, 3.63) is 34.9 Å². The van der Waals surface area contributed by atoms with E-state index in [1.807, 2.05) is 25.7 Å². The third-order valence-electron chi connectivity index (χ3n) is 7.10. The highest BCUT2D eigenvalue weighted by Crippen LogP contribution is 2.66. The van der Waals surface area contributed by atoms with E-state index in [2.05, 4.69) is 32.0 Å². The molecule has 1 aromatic carbocycles. The lowest BCUT2D eigenvalue weighted by atomic mass is 9.39. The van der Waals surface area contributed by atoms with Crippen molar-refractivity contribution in [1.82, 2.24) is 4.90 Å². The molecule has 2 aliphatic carbocycles. The summed E-state index contributed by atoms with van der Waals surface area (Å²) >= 11 is 0. The molecule has 2 saturated carbocycles. The van der Waals surface area contributed by atoms with E-state index >= 15 is 0 Å². The van der Waals surface area contributed by atoms with Crippen LogP contribution in [-0.2, 0) is 16.6 Å². The molecule has 1 aliphatic heterocycles. The number of rotatable bonds is 2. The minimum atomic E-state index is -0.415. The number of nitrogens with zero attached hydrogens (tertiary/aromatic N) is 1. The van der Waals surface area contributed by atoms with Gasteiger partial charge in [-0.25, -0.2) is 4.79 Å². The number of ether oxygens (including phenoxy) is 1. The van der Waals surface area contributed by atoms with Gasteiger partial charge in [-0.2, -0.15) is 0 Å². The lowest BCUT2D eigenvalue weighted by molar-refractivity contribution is -0.189. The predicted molar refractivity (Wildman–Crippen MR) is 104 cm³/mol. The molecule has 3 heteroatoms. The largest absolute Gasteiger partial charge is 0.444 e. The summed E-state index contributed by atoms with van der Waals surface area (Å²) in [7, 11) is 0. The number of carbonyl (C=O) groups excluding carboxylic acids is 1. The monoisotopic (exact) mass is 355 g/mol. The SMILES string of the molecule is CCc1ccc(C)c(C23CCCCC2C2C3CN2C(=O)OC(C)(C)C)c1. The van der Waals surface area contributed by atoms with Gasteiger partial charge in [-0.05, 0) is 69.6 Å². The van der Waals surface area contributed by atoms with Crippen molar-refractivity contribution in [2.24, 2.45) is 11.8 Å². The van der Waals surface area contributed by atoms with Crippen molar-refractivity contribution < 1.29 is 9.53 Å². The van der Waals surface area contributed by atoms with Gasteiger partial charge in [-0.15, -0.1) is 0 Å². The smallest absolute Gasteiger partial charge is 0.410 e. The number of aryl methyl sites for hydroxylation is 2. The molecule has 1 heterocycles. The maximum absolute atomic E-state index is 12.6. The summed E-state index contributed by atoms with van der Waals surface area (Å²) in [5.74, 6) is 1.22. The minimum absolute atomic E-state index is 0.114. The summed E-state index contributed by atoms with van der Waals surface area (Å²) in [6.45, 7) is 11.2. The van der Waals surface area contributed by atoms with Crippen molar-refractivity contribution in [3.63, 3.8) is 0 Å². The summed E-state index contributed by atoms with van der Waals surface area (Å²) in [5.41, 5.74) is 4.34. The van der Waals surface area contributed by atoms with Crippen molar-refractivity contribution in [1.29, 1.82) is 0 Å². The molecule has 4 rings (SSSR count). The zero-order valence-corrected chi connectivity index (χ0v) is 17.0. The average molecular weight is 356 g/mol. The summed E-state index contributed by atoms with van der Waals surface area (Å²) in [4.78, 5) is 14.6. The van der Waals surface area contributed by atoms with Crippen LogP contribution in [0.25, 0.3) is 0 Å². The molecule has 1 aromatic rings. The first kappa shape index (κ1) is 17.9. The standard InChI is InChI=1S/C23H33NO2/c1-6-16-11-10-15(2)18(13-16)23-12-8-7-9-17(23)20-19(23)14-24(20)21(25)26-22(3,4)5/h10-11,13,17,19-20H,6-9,12,14H2,1-5H3. The fraction of sp³-hybridized carbons (Fsp3) is 0.696. The number of hydrogen-bond acceptors (Lipinski definition) is 2. The van der Waals surface area contributed by atoms with Crippen LogP contribution in [0.15, 0.2) is 18.2 Å². The third kappa shape index (κ3) is 2.50. The van der Waals surface area contributed by atoms with Gasteiger partial charge in [0.2, 0.25) is 0 Å². The number of fused-ring (bicyclic) bond motifs is 4. The molecular formula is C23H33NO2. The van der Waals surface area contributed by atoms with Gasteiger partial charge < -0.3 is 9.64 Å². The molecule has 3 aliphatic rings. The quantitative estimate of drug-likeness (QED) is 0.726. The Balaban J connectivity index is 1.62. The second-order valence-corrected chi connectivity index (χ2v) is 9.63. The van der Waals surface area contributed by atoms with E-state index in [4.69, 9.17) is 4.74 Å². The van der Waals surface area contributed by atoms with Crippen molar-refractivity contribution in [2.75, 3.05) is 6.54 Å². The summed E-state index contributed by atoms with van der Waals surface area (Å²) < 4.78 is 5.66. The Morgan fingerprint density at radius 1 is 1.27 bits per heavy atom. The summed E-state index contributed by atoms with van der Waals surface area (Å²) in [5, 5.41) is 0. The van der Waals surface area contributed by atoms with E-state index in [0.29, 0.717) is 23.3 Å². The maximum atomic E-state index is 12.6. The van der Waals surface area contributed by atoms with Crippen molar-refractivity contribution in [3.8, 4) is 0 Å². The van der Waals surface area contributed by atoms with Crippen LogP contribution in [0.1, 0.15) is 70.1 Å². The van der Waals surface area contributed by atoms with Crippen LogP contribution in [0.3, 0.4) is 0 Å². The number of benzene rings is 1. The molecule has 0 N–H and O–H groups in total. The average Bonchev–Trinajstić information content (AvgIpc) is 2.54.